The molecule has 0 aliphatic rings. The van der Waals surface area contributed by atoms with Crippen molar-refractivity contribution in [2.75, 3.05) is 18.5 Å². The molecule has 0 heterocycles. The second-order valence-electron chi connectivity index (χ2n) is 5.05. The average Bonchev–Trinajstić information content (AvgIpc) is 2.13. The Kier molecular flexibility index (Phi) is 4.00. The van der Waals surface area contributed by atoms with Crippen molar-refractivity contribution in [2.45, 2.75) is 33.1 Å². The van der Waals surface area contributed by atoms with Crippen LogP contribution in [0.5, 0.6) is 0 Å². The zero-order chi connectivity index (χ0) is 12.5. The van der Waals surface area contributed by atoms with Gasteiger partial charge in [0.1, 0.15) is 5.82 Å². The van der Waals surface area contributed by atoms with Crippen LogP contribution >= 0.6 is 15.9 Å². The number of rotatable bonds is 2. The number of halogens is 2. The molecule has 1 aromatic carbocycles. The third-order valence-electron chi connectivity index (χ3n) is 2.69. The number of benzene rings is 1. The van der Waals surface area contributed by atoms with Crippen molar-refractivity contribution in [1.82, 2.24) is 0 Å². The molecule has 0 atom stereocenters. The van der Waals surface area contributed by atoms with Gasteiger partial charge in [0.05, 0.1) is 0 Å². The van der Waals surface area contributed by atoms with Gasteiger partial charge in [-0.2, -0.15) is 0 Å². The van der Waals surface area contributed by atoms with Crippen LogP contribution in [0.2, 0.25) is 0 Å². The molecular weight excluding hydrogens is 269 g/mol. The van der Waals surface area contributed by atoms with Gasteiger partial charge in [-0.15, -0.1) is 0 Å². The Morgan fingerprint density at radius 2 is 1.88 bits per heavy atom. The smallest absolute Gasteiger partial charge is 0.130 e. The first kappa shape index (κ1) is 13.5. The number of anilines is 1. The summed E-state index contributed by atoms with van der Waals surface area (Å²) in [7, 11) is 1.96. The molecule has 3 heteroatoms. The largest absolute Gasteiger partial charge is 0.375 e. The summed E-state index contributed by atoms with van der Waals surface area (Å²) in [5.41, 5.74) is 1.45. The summed E-state index contributed by atoms with van der Waals surface area (Å²) in [5.74, 6) is -0.142. The van der Waals surface area contributed by atoms with E-state index < -0.39 is 0 Å². The topological polar surface area (TPSA) is 3.24 Å². The summed E-state index contributed by atoms with van der Waals surface area (Å²) < 4.78 is 14.9. The van der Waals surface area contributed by atoms with Gasteiger partial charge in [-0.3, -0.25) is 0 Å². The Bertz CT molecular complexity index is 359. The van der Waals surface area contributed by atoms with Crippen LogP contribution in [0, 0.1) is 5.82 Å². The molecule has 0 saturated heterocycles. The van der Waals surface area contributed by atoms with Crippen LogP contribution in [0.1, 0.15) is 33.3 Å². The van der Waals surface area contributed by atoms with Gasteiger partial charge >= 0.3 is 0 Å². The molecule has 0 bridgehead atoms. The van der Waals surface area contributed by atoms with Gasteiger partial charge in [0.2, 0.25) is 0 Å². The van der Waals surface area contributed by atoms with Gasteiger partial charge in [0.15, 0.2) is 0 Å². The molecule has 90 valence electrons. The van der Waals surface area contributed by atoms with Gasteiger partial charge in [0.25, 0.3) is 0 Å². The summed E-state index contributed by atoms with van der Waals surface area (Å²) in [6.45, 7) is 8.95. The van der Waals surface area contributed by atoms with Crippen LogP contribution in [0.15, 0.2) is 16.6 Å². The Labute approximate surface area is 106 Å². The van der Waals surface area contributed by atoms with E-state index in [-0.39, 0.29) is 11.2 Å². The molecule has 0 fully saturated rings. The van der Waals surface area contributed by atoms with E-state index in [0.29, 0.717) is 0 Å². The lowest BCUT2D eigenvalue weighted by Gasteiger charge is -2.24. The van der Waals surface area contributed by atoms with Gasteiger partial charge in [0, 0.05) is 29.3 Å². The number of hydrogen-bond acceptors (Lipinski definition) is 1. The van der Waals surface area contributed by atoms with E-state index >= 15 is 0 Å². The SMILES string of the molecule is CCN(C)c1cc(F)c(C(C)(C)C)c(Br)c1. The van der Waals surface area contributed by atoms with Crippen LogP contribution in [0.25, 0.3) is 0 Å². The van der Waals surface area contributed by atoms with Crippen molar-refractivity contribution in [3.05, 3.63) is 28.0 Å². The molecule has 1 aromatic rings. The molecule has 0 radical (unpaired) electrons. The highest BCUT2D eigenvalue weighted by Crippen LogP contribution is 2.35. The van der Waals surface area contributed by atoms with Gasteiger partial charge < -0.3 is 4.90 Å². The van der Waals surface area contributed by atoms with Gasteiger partial charge in [-0.1, -0.05) is 36.7 Å². The lowest BCUT2D eigenvalue weighted by Crippen LogP contribution is -2.19. The summed E-state index contributed by atoms with van der Waals surface area (Å²) in [4.78, 5) is 2.01. The fraction of sp³-hybridized carbons (Fsp3) is 0.538. The normalized spacial score (nSPS) is 11.7. The molecule has 0 aliphatic carbocycles. The van der Waals surface area contributed by atoms with Crippen molar-refractivity contribution in [3.63, 3.8) is 0 Å². The van der Waals surface area contributed by atoms with Crippen LogP contribution in [-0.2, 0) is 5.41 Å². The van der Waals surface area contributed by atoms with Gasteiger partial charge in [-0.05, 0) is 24.5 Å². The average molecular weight is 288 g/mol. The van der Waals surface area contributed by atoms with E-state index in [0.717, 1.165) is 22.3 Å². The summed E-state index contributed by atoms with van der Waals surface area (Å²) in [6, 6.07) is 3.59. The highest BCUT2D eigenvalue weighted by atomic mass is 79.9. The molecule has 0 unspecified atom stereocenters. The van der Waals surface area contributed by atoms with E-state index in [9.17, 15) is 4.39 Å². The molecule has 0 N–H and O–H groups in total. The zero-order valence-electron chi connectivity index (χ0n) is 10.6. The molecule has 0 aromatic heterocycles. The first-order chi connectivity index (χ1) is 7.27. The molecule has 0 aliphatic heterocycles. The molecule has 0 spiro atoms. The predicted octanol–water partition coefficient (Wildman–Crippen LogP) is 4.34. The summed E-state index contributed by atoms with van der Waals surface area (Å²) in [6.07, 6.45) is 0. The quantitative estimate of drug-likeness (QED) is 0.782. The molecule has 16 heavy (non-hydrogen) atoms. The van der Waals surface area contributed by atoms with Crippen molar-refractivity contribution in [3.8, 4) is 0 Å². The highest BCUT2D eigenvalue weighted by Gasteiger charge is 2.22. The Hall–Kier alpha value is -0.570. The minimum Gasteiger partial charge on any atom is -0.375 e. The fourth-order valence-corrected chi connectivity index (χ4v) is 2.70. The monoisotopic (exact) mass is 287 g/mol. The lowest BCUT2D eigenvalue weighted by molar-refractivity contribution is 0.520. The zero-order valence-corrected chi connectivity index (χ0v) is 12.2. The molecule has 1 rings (SSSR count). The minimum absolute atomic E-state index is 0.142. The van der Waals surface area contributed by atoms with Gasteiger partial charge in [-0.25, -0.2) is 4.39 Å². The van der Waals surface area contributed by atoms with Crippen LogP contribution in [0.3, 0.4) is 0 Å². The van der Waals surface area contributed by atoms with Crippen LogP contribution in [0.4, 0.5) is 10.1 Å². The first-order valence-electron chi connectivity index (χ1n) is 5.48. The Balaban J connectivity index is 3.28. The van der Waals surface area contributed by atoms with E-state index in [2.05, 4.69) is 15.9 Å². The standard InChI is InChI=1S/C13H19BrFN/c1-6-16(5)9-7-10(14)12(11(15)8-9)13(2,3)4/h7-8H,6H2,1-5H3. The summed E-state index contributed by atoms with van der Waals surface area (Å²) in [5, 5.41) is 0. The molecule has 0 amide bonds. The maximum Gasteiger partial charge on any atom is 0.130 e. The molecular formula is C13H19BrFN. The van der Waals surface area contributed by atoms with E-state index in [1.807, 2.05) is 45.7 Å². The Morgan fingerprint density at radius 3 is 2.25 bits per heavy atom. The first-order valence-corrected chi connectivity index (χ1v) is 6.27. The van der Waals surface area contributed by atoms with Crippen molar-refractivity contribution in [1.29, 1.82) is 0 Å². The number of hydrogen-bond donors (Lipinski definition) is 0. The maximum atomic E-state index is 14.0. The van der Waals surface area contributed by atoms with Crippen molar-refractivity contribution < 1.29 is 4.39 Å². The fourth-order valence-electron chi connectivity index (χ4n) is 1.68. The lowest BCUT2D eigenvalue weighted by atomic mass is 9.86. The third-order valence-corrected chi connectivity index (χ3v) is 3.32. The van der Waals surface area contributed by atoms with Crippen molar-refractivity contribution >= 4 is 21.6 Å². The summed E-state index contributed by atoms with van der Waals surface area (Å²) >= 11 is 3.46. The van der Waals surface area contributed by atoms with Crippen LogP contribution in [-0.4, -0.2) is 13.6 Å². The second kappa shape index (κ2) is 4.74. The highest BCUT2D eigenvalue weighted by molar-refractivity contribution is 9.10. The molecule has 1 nitrogen and oxygen atoms in total. The molecule has 0 saturated carbocycles. The third kappa shape index (κ3) is 2.76. The van der Waals surface area contributed by atoms with E-state index in [1.165, 1.54) is 0 Å². The number of nitrogens with zero attached hydrogens (tertiary/aromatic N) is 1. The van der Waals surface area contributed by atoms with Crippen molar-refractivity contribution in [2.24, 2.45) is 0 Å². The second-order valence-corrected chi connectivity index (χ2v) is 5.90. The Morgan fingerprint density at radius 1 is 1.31 bits per heavy atom. The minimum atomic E-state index is -0.188. The van der Waals surface area contributed by atoms with E-state index in [1.54, 1.807) is 6.07 Å². The predicted molar refractivity (Wildman–Crippen MR) is 71.7 cm³/mol. The van der Waals surface area contributed by atoms with E-state index in [4.69, 9.17) is 0 Å². The van der Waals surface area contributed by atoms with Crippen LogP contribution < -0.4 is 4.90 Å². The maximum absolute atomic E-state index is 14.0.